The first-order chi connectivity index (χ1) is 10.0. The van der Waals surface area contributed by atoms with Gasteiger partial charge >= 0.3 is 5.97 Å². The Morgan fingerprint density at radius 2 is 2.05 bits per heavy atom. The third-order valence-electron chi connectivity index (χ3n) is 4.19. The van der Waals surface area contributed by atoms with Crippen LogP contribution in [0, 0.1) is 5.92 Å². The average Bonchev–Trinajstić information content (AvgIpc) is 2.98. The minimum atomic E-state index is -3.47. The molecule has 0 aromatic heterocycles. The number of morpholine rings is 1. The van der Waals surface area contributed by atoms with E-state index >= 15 is 0 Å². The van der Waals surface area contributed by atoms with Gasteiger partial charge in [0, 0.05) is 26.2 Å². The van der Waals surface area contributed by atoms with E-state index in [1.165, 1.54) is 7.11 Å². The van der Waals surface area contributed by atoms with Crippen LogP contribution in [0.3, 0.4) is 0 Å². The molecule has 2 rings (SSSR count). The van der Waals surface area contributed by atoms with Crippen LogP contribution in [0.5, 0.6) is 0 Å². The SMILES string of the molecule is COC(=O)C1CCCC1S(=O)(=O)NCCN1CCOCC1. The zero-order valence-corrected chi connectivity index (χ0v) is 13.2. The lowest BCUT2D eigenvalue weighted by Crippen LogP contribution is -2.44. The summed E-state index contributed by atoms with van der Waals surface area (Å²) in [5, 5.41) is -0.658. The molecule has 7 nitrogen and oxygen atoms in total. The van der Waals surface area contributed by atoms with Crippen molar-refractivity contribution < 1.29 is 22.7 Å². The highest BCUT2D eigenvalue weighted by Crippen LogP contribution is 2.31. The van der Waals surface area contributed by atoms with Gasteiger partial charge in [-0.2, -0.15) is 0 Å². The van der Waals surface area contributed by atoms with Crippen molar-refractivity contribution >= 4 is 16.0 Å². The molecule has 2 aliphatic rings. The van der Waals surface area contributed by atoms with Gasteiger partial charge in [-0.1, -0.05) is 6.42 Å². The van der Waals surface area contributed by atoms with Gasteiger partial charge < -0.3 is 9.47 Å². The van der Waals surface area contributed by atoms with Crippen LogP contribution in [0.15, 0.2) is 0 Å². The van der Waals surface area contributed by atoms with Crippen molar-refractivity contribution in [3.05, 3.63) is 0 Å². The molecular formula is C13H24N2O5S. The van der Waals surface area contributed by atoms with E-state index in [9.17, 15) is 13.2 Å². The molecular weight excluding hydrogens is 296 g/mol. The molecule has 0 aromatic rings. The molecule has 1 saturated heterocycles. The molecule has 2 unspecified atom stereocenters. The van der Waals surface area contributed by atoms with Gasteiger partial charge in [0.05, 0.1) is 31.5 Å². The molecule has 1 aliphatic heterocycles. The largest absolute Gasteiger partial charge is 0.469 e. The molecule has 1 heterocycles. The van der Waals surface area contributed by atoms with E-state index < -0.39 is 27.2 Å². The number of esters is 1. The van der Waals surface area contributed by atoms with Crippen LogP contribution in [-0.4, -0.2) is 71.0 Å². The predicted molar refractivity (Wildman–Crippen MR) is 77.3 cm³/mol. The molecule has 0 spiro atoms. The van der Waals surface area contributed by atoms with Gasteiger partial charge in [0.1, 0.15) is 0 Å². The number of hydrogen-bond acceptors (Lipinski definition) is 6. The topological polar surface area (TPSA) is 84.9 Å². The lowest BCUT2D eigenvalue weighted by molar-refractivity contribution is -0.145. The summed E-state index contributed by atoms with van der Waals surface area (Å²) >= 11 is 0. The maximum absolute atomic E-state index is 12.3. The number of methoxy groups -OCH3 is 1. The van der Waals surface area contributed by atoms with Gasteiger partial charge in [0.15, 0.2) is 0 Å². The highest BCUT2D eigenvalue weighted by molar-refractivity contribution is 7.90. The third kappa shape index (κ3) is 4.38. The number of sulfonamides is 1. The summed E-state index contributed by atoms with van der Waals surface area (Å²) in [4.78, 5) is 13.8. The first-order valence-corrected chi connectivity index (χ1v) is 8.95. The number of nitrogens with zero attached hydrogens (tertiary/aromatic N) is 1. The van der Waals surface area contributed by atoms with E-state index in [1.54, 1.807) is 0 Å². The summed E-state index contributed by atoms with van der Waals surface area (Å²) in [6.45, 7) is 4.08. The van der Waals surface area contributed by atoms with Gasteiger partial charge in [-0.15, -0.1) is 0 Å². The number of hydrogen-bond donors (Lipinski definition) is 1. The van der Waals surface area contributed by atoms with E-state index in [0.717, 1.165) is 19.5 Å². The Bertz CT molecular complexity index is 447. The van der Waals surface area contributed by atoms with Crippen LogP contribution in [0.1, 0.15) is 19.3 Å². The third-order valence-corrected chi connectivity index (χ3v) is 6.16. The van der Waals surface area contributed by atoms with Gasteiger partial charge in [-0.05, 0) is 12.8 Å². The Balaban J connectivity index is 1.84. The molecule has 0 amide bonds. The predicted octanol–water partition coefficient (Wildman–Crippen LogP) is -0.420. The number of nitrogens with one attached hydrogen (secondary N) is 1. The summed E-state index contributed by atoms with van der Waals surface area (Å²) in [6.07, 6.45) is 1.85. The van der Waals surface area contributed by atoms with Crippen LogP contribution in [0.2, 0.25) is 0 Å². The van der Waals surface area contributed by atoms with E-state index in [2.05, 4.69) is 9.62 Å². The van der Waals surface area contributed by atoms with Crippen LogP contribution < -0.4 is 4.72 Å². The van der Waals surface area contributed by atoms with Crippen molar-refractivity contribution in [2.75, 3.05) is 46.5 Å². The van der Waals surface area contributed by atoms with Crippen molar-refractivity contribution in [2.45, 2.75) is 24.5 Å². The molecule has 2 atom stereocenters. The smallest absolute Gasteiger partial charge is 0.310 e. The zero-order valence-electron chi connectivity index (χ0n) is 12.4. The van der Waals surface area contributed by atoms with Crippen LogP contribution in [0.4, 0.5) is 0 Å². The standard InChI is InChI=1S/C13H24N2O5S/c1-19-13(16)11-3-2-4-12(11)21(17,18)14-5-6-15-7-9-20-10-8-15/h11-12,14H,2-10H2,1H3. The Hall–Kier alpha value is -0.700. The fourth-order valence-electron chi connectivity index (χ4n) is 3.00. The first kappa shape index (κ1) is 16.7. The first-order valence-electron chi connectivity index (χ1n) is 7.41. The minimum Gasteiger partial charge on any atom is -0.469 e. The Labute approximate surface area is 126 Å². The van der Waals surface area contributed by atoms with Crippen LogP contribution >= 0.6 is 0 Å². The summed E-state index contributed by atoms with van der Waals surface area (Å²) in [5.41, 5.74) is 0. The van der Waals surface area contributed by atoms with E-state index in [0.29, 0.717) is 39.1 Å². The normalized spacial score (nSPS) is 27.7. The second kappa shape index (κ2) is 7.53. The molecule has 0 bridgehead atoms. The maximum atomic E-state index is 12.3. The summed E-state index contributed by atoms with van der Waals surface area (Å²) < 4.78 is 37.3. The molecule has 1 aliphatic carbocycles. The lowest BCUT2D eigenvalue weighted by Gasteiger charge is -2.27. The van der Waals surface area contributed by atoms with Crippen molar-refractivity contribution in [3.8, 4) is 0 Å². The highest BCUT2D eigenvalue weighted by Gasteiger charge is 2.41. The number of rotatable bonds is 6. The number of ether oxygens (including phenoxy) is 2. The van der Waals surface area contributed by atoms with Crippen LogP contribution in [-0.2, 0) is 24.3 Å². The quantitative estimate of drug-likeness (QED) is 0.669. The molecule has 0 radical (unpaired) electrons. The van der Waals surface area contributed by atoms with Crippen molar-refractivity contribution in [3.63, 3.8) is 0 Å². The zero-order chi connectivity index (χ0) is 15.3. The minimum absolute atomic E-state index is 0.368. The molecule has 122 valence electrons. The molecule has 21 heavy (non-hydrogen) atoms. The van der Waals surface area contributed by atoms with E-state index in [1.807, 2.05) is 0 Å². The molecule has 0 aromatic carbocycles. The number of carbonyl (C=O) groups excluding carboxylic acids is 1. The fraction of sp³-hybridized carbons (Fsp3) is 0.923. The van der Waals surface area contributed by atoms with E-state index in [4.69, 9.17) is 9.47 Å². The average molecular weight is 320 g/mol. The van der Waals surface area contributed by atoms with Crippen LogP contribution in [0.25, 0.3) is 0 Å². The number of carbonyl (C=O) groups is 1. The van der Waals surface area contributed by atoms with Crippen molar-refractivity contribution in [1.29, 1.82) is 0 Å². The van der Waals surface area contributed by atoms with Gasteiger partial charge in [0.2, 0.25) is 10.0 Å². The second-order valence-electron chi connectivity index (χ2n) is 5.49. The summed E-state index contributed by atoms with van der Waals surface area (Å²) in [7, 11) is -2.17. The van der Waals surface area contributed by atoms with Gasteiger partial charge in [0.25, 0.3) is 0 Å². The highest BCUT2D eigenvalue weighted by atomic mass is 32.2. The Kier molecular flexibility index (Phi) is 5.98. The molecule has 1 saturated carbocycles. The van der Waals surface area contributed by atoms with Gasteiger partial charge in [-0.25, -0.2) is 13.1 Å². The van der Waals surface area contributed by atoms with Gasteiger partial charge in [-0.3, -0.25) is 9.69 Å². The van der Waals surface area contributed by atoms with Crippen molar-refractivity contribution in [1.82, 2.24) is 9.62 Å². The Morgan fingerprint density at radius 3 is 2.71 bits per heavy atom. The maximum Gasteiger partial charge on any atom is 0.310 e. The lowest BCUT2D eigenvalue weighted by atomic mass is 10.1. The fourth-order valence-corrected chi connectivity index (χ4v) is 4.74. The molecule has 1 N–H and O–H groups in total. The Morgan fingerprint density at radius 1 is 1.33 bits per heavy atom. The summed E-state index contributed by atoms with van der Waals surface area (Å²) in [6, 6.07) is 0. The molecule has 8 heteroatoms. The monoisotopic (exact) mass is 320 g/mol. The summed E-state index contributed by atoms with van der Waals surface area (Å²) in [5.74, 6) is -0.952. The second-order valence-corrected chi connectivity index (χ2v) is 7.48. The van der Waals surface area contributed by atoms with Crippen molar-refractivity contribution in [2.24, 2.45) is 5.92 Å². The van der Waals surface area contributed by atoms with E-state index in [-0.39, 0.29) is 0 Å². The molecule has 2 fully saturated rings.